The van der Waals surface area contributed by atoms with Crippen LogP contribution in [0.2, 0.25) is 0 Å². The van der Waals surface area contributed by atoms with Gasteiger partial charge in [0.05, 0.1) is 18.2 Å². The van der Waals surface area contributed by atoms with Gasteiger partial charge in [0, 0.05) is 4.90 Å². The monoisotopic (exact) mass is 311 g/mol. The number of nitriles is 1. The van der Waals surface area contributed by atoms with E-state index in [1.165, 1.54) is 4.90 Å². The van der Waals surface area contributed by atoms with E-state index in [1.54, 1.807) is 23.9 Å². The predicted molar refractivity (Wildman–Crippen MR) is 87.6 cm³/mol. The lowest BCUT2D eigenvalue weighted by Gasteiger charge is -2.13. The molecule has 2 rings (SSSR count). The molecule has 0 aliphatic carbocycles. The first-order valence-electron chi connectivity index (χ1n) is 7.05. The van der Waals surface area contributed by atoms with Crippen molar-refractivity contribution in [2.24, 2.45) is 0 Å². The summed E-state index contributed by atoms with van der Waals surface area (Å²) in [6, 6.07) is 17.1. The second-order valence-electron chi connectivity index (χ2n) is 4.68. The molecule has 0 aromatic heterocycles. The second-order valence-corrected chi connectivity index (χ2v) is 6.02. The summed E-state index contributed by atoms with van der Waals surface area (Å²) < 4.78 is 5.68. The molecule has 0 bridgehead atoms. The van der Waals surface area contributed by atoms with Gasteiger partial charge in [-0.2, -0.15) is 5.26 Å². The fourth-order valence-corrected chi connectivity index (χ4v) is 2.66. The van der Waals surface area contributed by atoms with Gasteiger partial charge in [0.15, 0.2) is 6.29 Å². The molecule has 0 spiro atoms. The molecule has 112 valence electrons. The third kappa shape index (κ3) is 4.45. The first-order valence-corrected chi connectivity index (χ1v) is 8.04. The van der Waals surface area contributed by atoms with Gasteiger partial charge in [0.1, 0.15) is 6.10 Å². The maximum Gasteiger partial charge on any atom is 0.153 e. The van der Waals surface area contributed by atoms with Gasteiger partial charge in [-0.3, -0.25) is 0 Å². The number of aldehydes is 1. The van der Waals surface area contributed by atoms with Crippen LogP contribution < -0.4 is 0 Å². The van der Waals surface area contributed by atoms with Crippen molar-refractivity contribution in [1.29, 1.82) is 5.26 Å². The Hall–Kier alpha value is -2.09. The van der Waals surface area contributed by atoms with Crippen molar-refractivity contribution in [2.45, 2.75) is 24.5 Å². The topological polar surface area (TPSA) is 50.1 Å². The maximum atomic E-state index is 11.3. The number of thioether (sulfide) groups is 1. The van der Waals surface area contributed by atoms with E-state index in [0.29, 0.717) is 12.2 Å². The number of carbonyl (C=O) groups excluding carboxylic acids is 1. The van der Waals surface area contributed by atoms with Crippen LogP contribution in [0.25, 0.3) is 0 Å². The molecule has 2 aromatic rings. The fourth-order valence-electron chi connectivity index (χ4n) is 2.00. The standard InChI is InChI=1S/C18H17NO2S/c1-2-22-17-9-7-16(8-10-17)18(12-20)21-13-15-5-3-14(11-19)4-6-15/h3-10,12,18H,2,13H2,1H3. The average Bonchev–Trinajstić information content (AvgIpc) is 2.57. The molecular formula is C18H17NO2S. The minimum absolute atomic E-state index is 0.334. The Balaban J connectivity index is 1.99. The third-order valence-electron chi connectivity index (χ3n) is 3.16. The average molecular weight is 311 g/mol. The number of rotatable bonds is 7. The van der Waals surface area contributed by atoms with Gasteiger partial charge in [-0.05, 0) is 41.1 Å². The van der Waals surface area contributed by atoms with E-state index in [4.69, 9.17) is 10.00 Å². The van der Waals surface area contributed by atoms with Crippen LogP contribution in [0.5, 0.6) is 0 Å². The number of ether oxygens (including phenoxy) is 1. The molecule has 2 aromatic carbocycles. The van der Waals surface area contributed by atoms with Gasteiger partial charge in [-0.1, -0.05) is 31.2 Å². The van der Waals surface area contributed by atoms with Gasteiger partial charge in [0.2, 0.25) is 0 Å². The smallest absolute Gasteiger partial charge is 0.153 e. The molecule has 0 fully saturated rings. The van der Waals surface area contributed by atoms with Crippen LogP contribution in [0.1, 0.15) is 29.7 Å². The SMILES string of the molecule is CCSc1ccc(C(C=O)OCc2ccc(C#N)cc2)cc1. The predicted octanol–water partition coefficient (Wildman–Crippen LogP) is 4.13. The van der Waals surface area contributed by atoms with Crippen molar-refractivity contribution in [3.63, 3.8) is 0 Å². The van der Waals surface area contributed by atoms with Crippen LogP contribution in [0.4, 0.5) is 0 Å². The zero-order chi connectivity index (χ0) is 15.8. The molecule has 4 heteroatoms. The van der Waals surface area contributed by atoms with E-state index >= 15 is 0 Å². The Morgan fingerprint density at radius 2 is 1.86 bits per heavy atom. The molecule has 1 unspecified atom stereocenters. The van der Waals surface area contributed by atoms with Crippen molar-refractivity contribution in [2.75, 3.05) is 5.75 Å². The van der Waals surface area contributed by atoms with E-state index in [-0.39, 0.29) is 0 Å². The molecule has 0 aliphatic heterocycles. The largest absolute Gasteiger partial charge is 0.361 e. The van der Waals surface area contributed by atoms with Crippen LogP contribution >= 0.6 is 11.8 Å². The molecule has 22 heavy (non-hydrogen) atoms. The van der Waals surface area contributed by atoms with Crippen molar-refractivity contribution >= 4 is 18.0 Å². The highest BCUT2D eigenvalue weighted by molar-refractivity contribution is 7.99. The van der Waals surface area contributed by atoms with Crippen molar-refractivity contribution in [1.82, 2.24) is 0 Å². The van der Waals surface area contributed by atoms with Crippen LogP contribution in [0.3, 0.4) is 0 Å². The molecule has 1 atom stereocenters. The minimum atomic E-state index is -0.573. The summed E-state index contributed by atoms with van der Waals surface area (Å²) >= 11 is 1.76. The van der Waals surface area contributed by atoms with Crippen LogP contribution in [0.15, 0.2) is 53.4 Å². The highest BCUT2D eigenvalue weighted by atomic mass is 32.2. The summed E-state index contributed by atoms with van der Waals surface area (Å²) in [7, 11) is 0. The Morgan fingerprint density at radius 3 is 2.41 bits per heavy atom. The summed E-state index contributed by atoms with van der Waals surface area (Å²) in [5.74, 6) is 1.02. The lowest BCUT2D eigenvalue weighted by molar-refractivity contribution is -0.119. The summed E-state index contributed by atoms with van der Waals surface area (Å²) in [6.07, 6.45) is 0.238. The van der Waals surface area contributed by atoms with Crippen molar-refractivity contribution < 1.29 is 9.53 Å². The highest BCUT2D eigenvalue weighted by Gasteiger charge is 2.11. The van der Waals surface area contributed by atoms with Gasteiger partial charge in [-0.25, -0.2) is 0 Å². The summed E-state index contributed by atoms with van der Waals surface area (Å²) in [5, 5.41) is 8.76. The zero-order valence-corrected chi connectivity index (χ0v) is 13.2. The first kappa shape index (κ1) is 16.3. The molecule has 3 nitrogen and oxygen atoms in total. The summed E-state index contributed by atoms with van der Waals surface area (Å²) in [5.41, 5.74) is 2.40. The quantitative estimate of drug-likeness (QED) is 0.570. The van der Waals surface area contributed by atoms with Crippen molar-refractivity contribution in [3.05, 3.63) is 65.2 Å². The van der Waals surface area contributed by atoms with Crippen molar-refractivity contribution in [3.8, 4) is 6.07 Å². The zero-order valence-electron chi connectivity index (χ0n) is 12.4. The Bertz CT molecular complexity index is 644. The summed E-state index contributed by atoms with van der Waals surface area (Å²) in [6.45, 7) is 2.44. The first-order chi connectivity index (χ1) is 10.8. The molecule has 0 aliphatic rings. The molecule has 0 radical (unpaired) electrons. The number of nitrogens with zero attached hydrogens (tertiary/aromatic N) is 1. The molecular weight excluding hydrogens is 294 g/mol. The molecule has 0 heterocycles. The Kier molecular flexibility index (Phi) is 6.20. The van der Waals surface area contributed by atoms with E-state index in [0.717, 1.165) is 23.2 Å². The lowest BCUT2D eigenvalue weighted by Crippen LogP contribution is -2.06. The second kappa shape index (κ2) is 8.38. The van der Waals surface area contributed by atoms with Crippen LogP contribution in [-0.4, -0.2) is 12.0 Å². The number of benzene rings is 2. The molecule has 0 amide bonds. The van der Waals surface area contributed by atoms with E-state index in [1.807, 2.05) is 36.4 Å². The number of carbonyl (C=O) groups is 1. The molecule has 0 saturated carbocycles. The van der Waals surface area contributed by atoms with E-state index in [9.17, 15) is 4.79 Å². The molecule has 0 N–H and O–H groups in total. The van der Waals surface area contributed by atoms with Gasteiger partial charge < -0.3 is 9.53 Å². The van der Waals surface area contributed by atoms with Crippen LogP contribution in [0, 0.1) is 11.3 Å². The van der Waals surface area contributed by atoms with E-state index < -0.39 is 6.10 Å². The van der Waals surface area contributed by atoms with Crippen LogP contribution in [-0.2, 0) is 16.1 Å². The van der Waals surface area contributed by atoms with Gasteiger partial charge >= 0.3 is 0 Å². The fraction of sp³-hybridized carbons (Fsp3) is 0.222. The minimum Gasteiger partial charge on any atom is -0.361 e. The highest BCUT2D eigenvalue weighted by Crippen LogP contribution is 2.22. The Morgan fingerprint density at radius 1 is 1.18 bits per heavy atom. The summed E-state index contributed by atoms with van der Waals surface area (Å²) in [4.78, 5) is 12.4. The van der Waals surface area contributed by atoms with Gasteiger partial charge in [0.25, 0.3) is 0 Å². The number of hydrogen-bond acceptors (Lipinski definition) is 4. The molecule has 0 saturated heterocycles. The van der Waals surface area contributed by atoms with E-state index in [2.05, 4.69) is 13.0 Å². The number of hydrogen-bond donors (Lipinski definition) is 0. The lowest BCUT2D eigenvalue weighted by atomic mass is 10.1. The Labute approximate surface area is 134 Å². The third-order valence-corrected chi connectivity index (χ3v) is 4.05. The maximum absolute atomic E-state index is 11.3. The normalized spacial score (nSPS) is 11.6. The van der Waals surface area contributed by atoms with Gasteiger partial charge in [-0.15, -0.1) is 11.8 Å².